The van der Waals surface area contributed by atoms with Crippen molar-refractivity contribution in [3.63, 3.8) is 0 Å². The zero-order valence-electron chi connectivity index (χ0n) is 11.4. The number of rotatable bonds is 2. The molecule has 0 spiro atoms. The predicted octanol–water partition coefficient (Wildman–Crippen LogP) is 3.46. The third-order valence-electron chi connectivity index (χ3n) is 3.86. The third kappa shape index (κ3) is 2.52. The quantitative estimate of drug-likeness (QED) is 0.909. The fraction of sp³-hybridized carbons (Fsp3) is 0.400. The van der Waals surface area contributed by atoms with Crippen LogP contribution >= 0.6 is 15.9 Å². The first-order valence-corrected chi connectivity index (χ1v) is 7.65. The van der Waals surface area contributed by atoms with E-state index in [1.165, 1.54) is 17.8 Å². The largest absolute Gasteiger partial charge is 0.317 e. The Balaban J connectivity index is 2.02. The van der Waals surface area contributed by atoms with Crippen LogP contribution in [-0.2, 0) is 7.05 Å². The van der Waals surface area contributed by atoms with E-state index in [9.17, 15) is 4.39 Å². The van der Waals surface area contributed by atoms with Crippen molar-refractivity contribution in [1.29, 1.82) is 0 Å². The lowest BCUT2D eigenvalue weighted by atomic mass is 9.94. The Bertz CT molecular complexity index is 618. The smallest absolute Gasteiger partial charge is 0.123 e. The van der Waals surface area contributed by atoms with Crippen LogP contribution in [0.25, 0.3) is 11.3 Å². The van der Waals surface area contributed by atoms with Crippen LogP contribution in [0.2, 0.25) is 0 Å². The van der Waals surface area contributed by atoms with Crippen molar-refractivity contribution in [3.05, 3.63) is 40.2 Å². The van der Waals surface area contributed by atoms with Crippen LogP contribution in [0.15, 0.2) is 28.7 Å². The van der Waals surface area contributed by atoms with E-state index in [0.717, 1.165) is 41.7 Å². The molecular weight excluding hydrogens is 321 g/mol. The molecule has 0 unspecified atom stereocenters. The minimum Gasteiger partial charge on any atom is -0.317 e. The molecule has 2 aromatic rings. The number of benzene rings is 1. The Morgan fingerprint density at radius 3 is 2.80 bits per heavy atom. The zero-order valence-corrected chi connectivity index (χ0v) is 13.0. The second-order valence-electron chi connectivity index (χ2n) is 5.21. The summed E-state index contributed by atoms with van der Waals surface area (Å²) in [7, 11) is 1.96. The average molecular weight is 338 g/mol. The van der Waals surface area contributed by atoms with E-state index in [1.807, 2.05) is 17.8 Å². The van der Waals surface area contributed by atoms with Crippen molar-refractivity contribution in [1.82, 2.24) is 15.1 Å². The first-order valence-electron chi connectivity index (χ1n) is 6.86. The number of hydrogen-bond acceptors (Lipinski definition) is 2. The van der Waals surface area contributed by atoms with Gasteiger partial charge < -0.3 is 5.32 Å². The van der Waals surface area contributed by atoms with E-state index in [1.54, 1.807) is 6.07 Å². The summed E-state index contributed by atoms with van der Waals surface area (Å²) < 4.78 is 16.3. The minimum absolute atomic E-state index is 0.233. The maximum atomic E-state index is 13.4. The maximum absolute atomic E-state index is 13.4. The van der Waals surface area contributed by atoms with Gasteiger partial charge in [-0.05, 0) is 54.0 Å². The van der Waals surface area contributed by atoms with Gasteiger partial charge in [-0.25, -0.2) is 4.39 Å². The standard InChI is InChI=1S/C15H17BrFN3/c1-20-15(10-5-7-18-8-6-10)13(16)14(19-20)11-3-2-4-12(17)9-11/h2-4,9-10,18H,5-8H2,1H3. The first-order chi connectivity index (χ1) is 9.66. The summed E-state index contributed by atoms with van der Waals surface area (Å²) >= 11 is 3.67. The lowest BCUT2D eigenvalue weighted by Crippen LogP contribution is -2.27. The van der Waals surface area contributed by atoms with Crippen LogP contribution in [0, 0.1) is 5.82 Å². The summed E-state index contributed by atoms with van der Waals surface area (Å²) in [6, 6.07) is 6.59. The van der Waals surface area contributed by atoms with E-state index in [0.29, 0.717) is 5.92 Å². The summed E-state index contributed by atoms with van der Waals surface area (Å²) in [6.45, 7) is 2.08. The van der Waals surface area contributed by atoms with Gasteiger partial charge in [0.2, 0.25) is 0 Å². The molecule has 1 aliphatic heterocycles. The summed E-state index contributed by atoms with van der Waals surface area (Å²) in [5.41, 5.74) is 2.85. The highest BCUT2D eigenvalue weighted by Crippen LogP contribution is 2.37. The predicted molar refractivity (Wildman–Crippen MR) is 81.1 cm³/mol. The summed E-state index contributed by atoms with van der Waals surface area (Å²) in [4.78, 5) is 0. The summed E-state index contributed by atoms with van der Waals surface area (Å²) in [5, 5.41) is 7.95. The molecule has 0 saturated carbocycles. The van der Waals surface area contributed by atoms with Crippen LogP contribution in [0.3, 0.4) is 0 Å². The molecule has 1 saturated heterocycles. The molecule has 0 aliphatic carbocycles. The average Bonchev–Trinajstić information content (AvgIpc) is 2.75. The Morgan fingerprint density at radius 1 is 1.35 bits per heavy atom. The highest BCUT2D eigenvalue weighted by molar-refractivity contribution is 9.10. The molecule has 5 heteroatoms. The van der Waals surface area contributed by atoms with Crippen LogP contribution in [0.1, 0.15) is 24.5 Å². The monoisotopic (exact) mass is 337 g/mol. The van der Waals surface area contributed by atoms with Gasteiger partial charge in [0.15, 0.2) is 0 Å². The van der Waals surface area contributed by atoms with Gasteiger partial charge in [0.1, 0.15) is 11.5 Å². The maximum Gasteiger partial charge on any atom is 0.123 e. The second kappa shape index (κ2) is 5.66. The Labute approximate surface area is 126 Å². The highest BCUT2D eigenvalue weighted by Gasteiger charge is 2.24. The van der Waals surface area contributed by atoms with E-state index < -0.39 is 0 Å². The molecule has 1 aromatic heterocycles. The van der Waals surface area contributed by atoms with E-state index in [4.69, 9.17) is 0 Å². The van der Waals surface area contributed by atoms with Gasteiger partial charge in [0.05, 0.1) is 10.2 Å². The second-order valence-corrected chi connectivity index (χ2v) is 6.00. The number of aromatic nitrogens is 2. The topological polar surface area (TPSA) is 29.9 Å². The van der Waals surface area contributed by atoms with Crippen LogP contribution in [0.4, 0.5) is 4.39 Å². The SMILES string of the molecule is Cn1nc(-c2cccc(F)c2)c(Br)c1C1CCNCC1. The molecule has 20 heavy (non-hydrogen) atoms. The molecule has 1 fully saturated rings. The van der Waals surface area contributed by atoms with Gasteiger partial charge in [-0.2, -0.15) is 5.10 Å². The lowest BCUT2D eigenvalue weighted by Gasteiger charge is -2.23. The van der Waals surface area contributed by atoms with Crippen LogP contribution in [0.5, 0.6) is 0 Å². The zero-order chi connectivity index (χ0) is 14.1. The Kier molecular flexibility index (Phi) is 3.89. The molecule has 0 atom stereocenters. The van der Waals surface area contributed by atoms with Crippen LogP contribution < -0.4 is 5.32 Å². The van der Waals surface area contributed by atoms with Crippen LogP contribution in [-0.4, -0.2) is 22.9 Å². The number of aryl methyl sites for hydroxylation is 1. The molecule has 0 radical (unpaired) electrons. The first kappa shape index (κ1) is 13.8. The van der Waals surface area contributed by atoms with E-state index in [2.05, 4.69) is 26.3 Å². The molecule has 3 rings (SSSR count). The molecule has 106 valence electrons. The van der Waals surface area contributed by atoms with Gasteiger partial charge in [-0.15, -0.1) is 0 Å². The molecular formula is C15H17BrFN3. The van der Waals surface area contributed by atoms with Gasteiger partial charge in [-0.3, -0.25) is 4.68 Å². The normalized spacial score (nSPS) is 16.6. The van der Waals surface area contributed by atoms with Crippen molar-refractivity contribution >= 4 is 15.9 Å². The third-order valence-corrected chi connectivity index (χ3v) is 4.64. The van der Waals surface area contributed by atoms with Crippen molar-refractivity contribution in [2.75, 3.05) is 13.1 Å². The number of halogens is 2. The van der Waals surface area contributed by atoms with Crippen molar-refractivity contribution in [2.24, 2.45) is 7.05 Å². The molecule has 1 N–H and O–H groups in total. The molecule has 0 bridgehead atoms. The molecule has 1 aliphatic rings. The number of hydrogen-bond donors (Lipinski definition) is 1. The van der Waals surface area contributed by atoms with Crippen molar-refractivity contribution < 1.29 is 4.39 Å². The van der Waals surface area contributed by atoms with Gasteiger partial charge in [0.25, 0.3) is 0 Å². The molecule has 2 heterocycles. The number of nitrogens with zero attached hydrogens (tertiary/aromatic N) is 2. The van der Waals surface area contributed by atoms with E-state index in [-0.39, 0.29) is 5.82 Å². The molecule has 0 amide bonds. The summed E-state index contributed by atoms with van der Waals surface area (Å²) in [5.74, 6) is 0.272. The number of piperidine rings is 1. The molecule has 1 aromatic carbocycles. The van der Waals surface area contributed by atoms with Crippen molar-refractivity contribution in [2.45, 2.75) is 18.8 Å². The lowest BCUT2D eigenvalue weighted by molar-refractivity contribution is 0.439. The van der Waals surface area contributed by atoms with E-state index >= 15 is 0 Å². The van der Waals surface area contributed by atoms with Gasteiger partial charge in [-0.1, -0.05) is 12.1 Å². The fourth-order valence-electron chi connectivity index (χ4n) is 2.87. The van der Waals surface area contributed by atoms with Crippen molar-refractivity contribution in [3.8, 4) is 11.3 Å². The number of nitrogens with one attached hydrogen (secondary N) is 1. The summed E-state index contributed by atoms with van der Waals surface area (Å²) in [6.07, 6.45) is 2.22. The Hall–Kier alpha value is -1.20. The fourth-order valence-corrected chi connectivity index (χ4v) is 3.76. The Morgan fingerprint density at radius 2 is 2.10 bits per heavy atom. The minimum atomic E-state index is -0.233. The molecule has 3 nitrogen and oxygen atoms in total. The van der Waals surface area contributed by atoms with Gasteiger partial charge >= 0.3 is 0 Å². The van der Waals surface area contributed by atoms with Gasteiger partial charge in [0, 0.05) is 18.5 Å². The highest BCUT2D eigenvalue weighted by atomic mass is 79.9.